The van der Waals surface area contributed by atoms with Crippen molar-refractivity contribution in [2.24, 2.45) is 0 Å². The zero-order valence-electron chi connectivity index (χ0n) is 13.9. The van der Waals surface area contributed by atoms with Crippen LogP contribution in [0.25, 0.3) is 0 Å². The summed E-state index contributed by atoms with van der Waals surface area (Å²) in [6.07, 6.45) is 7.81. The summed E-state index contributed by atoms with van der Waals surface area (Å²) in [6, 6.07) is 0. The van der Waals surface area contributed by atoms with Gasteiger partial charge in [-0.1, -0.05) is 39.5 Å². The third kappa shape index (κ3) is 6.26. The highest BCUT2D eigenvalue weighted by molar-refractivity contribution is 7.87. The molecule has 24 heavy (non-hydrogen) atoms. The van der Waals surface area contributed by atoms with Crippen LogP contribution in [0.3, 0.4) is 0 Å². The Labute approximate surface area is 140 Å². The van der Waals surface area contributed by atoms with Crippen molar-refractivity contribution in [2.45, 2.75) is 70.7 Å². The van der Waals surface area contributed by atoms with Gasteiger partial charge in [-0.15, -0.1) is 0 Å². The lowest BCUT2D eigenvalue weighted by Gasteiger charge is -2.12. The molecule has 0 unspecified atom stereocenters. The van der Waals surface area contributed by atoms with Crippen molar-refractivity contribution in [2.75, 3.05) is 0 Å². The van der Waals surface area contributed by atoms with Crippen molar-refractivity contribution in [1.29, 1.82) is 0 Å². The van der Waals surface area contributed by atoms with Gasteiger partial charge in [0.15, 0.2) is 0 Å². The number of rotatable bonds is 10. The molecule has 0 saturated carbocycles. The molecule has 1 heterocycles. The molecule has 0 radical (unpaired) electrons. The molecule has 0 amide bonds. The minimum atomic E-state index is -5.73. The fraction of sp³-hybridized carbons (Fsp3) is 0.733. The van der Waals surface area contributed by atoms with E-state index in [0.29, 0.717) is 24.2 Å². The summed E-state index contributed by atoms with van der Waals surface area (Å²) in [5.41, 5.74) is -4.29. The number of nitrogens with zero attached hydrogens (tertiary/aromatic N) is 2. The normalized spacial score (nSPS) is 12.4. The van der Waals surface area contributed by atoms with Gasteiger partial charge in [-0.3, -0.25) is 4.98 Å². The van der Waals surface area contributed by atoms with Crippen molar-refractivity contribution >= 4 is 10.1 Å². The van der Waals surface area contributed by atoms with E-state index in [1.165, 1.54) is 0 Å². The topological polar surface area (TPSA) is 69.2 Å². The minimum absolute atomic E-state index is 0.509. The van der Waals surface area contributed by atoms with Gasteiger partial charge in [-0.2, -0.15) is 21.6 Å². The Balaban J connectivity index is 2.97. The van der Waals surface area contributed by atoms with E-state index in [0.717, 1.165) is 44.7 Å². The Morgan fingerprint density at radius 3 is 2.04 bits per heavy atom. The molecule has 1 rings (SSSR count). The van der Waals surface area contributed by atoms with Crippen molar-refractivity contribution in [1.82, 2.24) is 9.97 Å². The lowest BCUT2D eigenvalue weighted by molar-refractivity contribution is -0.0501. The number of hydrogen-bond donors (Lipinski definition) is 0. The van der Waals surface area contributed by atoms with Crippen LogP contribution in [0.15, 0.2) is 6.20 Å². The van der Waals surface area contributed by atoms with Crippen LogP contribution in [0.4, 0.5) is 13.2 Å². The Kier molecular flexibility index (Phi) is 7.92. The average molecular weight is 368 g/mol. The predicted molar refractivity (Wildman–Crippen MR) is 84.1 cm³/mol. The van der Waals surface area contributed by atoms with Gasteiger partial charge in [0, 0.05) is 0 Å². The Morgan fingerprint density at radius 1 is 1.00 bits per heavy atom. The highest BCUT2D eigenvalue weighted by Crippen LogP contribution is 2.26. The molecule has 0 spiro atoms. The number of hydrogen-bond acceptors (Lipinski definition) is 5. The third-order valence-electron chi connectivity index (χ3n) is 3.42. The summed E-state index contributed by atoms with van der Waals surface area (Å²) in [5.74, 6) is -0.641. The first-order valence-corrected chi connectivity index (χ1v) is 9.47. The Hall–Kier alpha value is -1.38. The first kappa shape index (κ1) is 20.7. The molecular formula is C15H23F3N2O3S. The lowest BCUT2D eigenvalue weighted by atomic mass is 10.1. The largest absolute Gasteiger partial charge is 0.534 e. The van der Waals surface area contributed by atoms with Gasteiger partial charge in [-0.05, 0) is 25.7 Å². The fourth-order valence-electron chi connectivity index (χ4n) is 2.13. The SMILES string of the molecule is CCCCCc1ncc(OS(=O)(=O)C(F)(F)F)nc1CCCCC. The zero-order chi connectivity index (χ0) is 18.2. The molecule has 9 heteroatoms. The number of alkyl halides is 3. The second kappa shape index (κ2) is 9.19. The van der Waals surface area contributed by atoms with Crippen LogP contribution in [0.2, 0.25) is 0 Å². The van der Waals surface area contributed by atoms with E-state index in [1.807, 2.05) is 6.92 Å². The second-order valence-corrected chi connectivity index (χ2v) is 7.04. The number of aromatic nitrogens is 2. The summed E-state index contributed by atoms with van der Waals surface area (Å²) >= 11 is 0. The second-order valence-electron chi connectivity index (χ2n) is 5.50. The van der Waals surface area contributed by atoms with Crippen LogP contribution in [0, 0.1) is 0 Å². The maximum Gasteiger partial charge on any atom is 0.534 e. The van der Waals surface area contributed by atoms with Gasteiger partial charge in [0.25, 0.3) is 5.88 Å². The zero-order valence-corrected chi connectivity index (χ0v) is 14.7. The van der Waals surface area contributed by atoms with Crippen LogP contribution < -0.4 is 4.18 Å². The Bertz CT molecular complexity index is 619. The van der Waals surface area contributed by atoms with E-state index in [9.17, 15) is 21.6 Å². The summed E-state index contributed by atoms with van der Waals surface area (Å²) in [6.45, 7) is 4.09. The van der Waals surface area contributed by atoms with E-state index >= 15 is 0 Å². The minimum Gasteiger partial charge on any atom is -0.354 e. The highest BCUT2D eigenvalue weighted by Gasteiger charge is 2.49. The molecule has 1 aromatic rings. The molecule has 1 aromatic heterocycles. The number of aryl methyl sites for hydroxylation is 2. The van der Waals surface area contributed by atoms with Gasteiger partial charge < -0.3 is 4.18 Å². The lowest BCUT2D eigenvalue weighted by Crippen LogP contribution is -2.28. The van der Waals surface area contributed by atoms with Crippen LogP contribution in [-0.2, 0) is 23.0 Å². The molecule has 0 aliphatic carbocycles. The Morgan fingerprint density at radius 2 is 1.54 bits per heavy atom. The van der Waals surface area contributed by atoms with Gasteiger partial charge in [-0.25, -0.2) is 4.98 Å². The predicted octanol–water partition coefficient (Wildman–Crippen LogP) is 4.17. The number of halogens is 3. The summed E-state index contributed by atoms with van der Waals surface area (Å²) in [5, 5.41) is 0. The molecule has 0 aliphatic heterocycles. The fourth-order valence-corrected chi connectivity index (χ4v) is 2.53. The summed E-state index contributed by atoms with van der Waals surface area (Å²) < 4.78 is 63.4. The molecule has 0 bridgehead atoms. The van der Waals surface area contributed by atoms with E-state index < -0.39 is 21.5 Å². The molecule has 5 nitrogen and oxygen atoms in total. The van der Waals surface area contributed by atoms with Crippen LogP contribution in [0.1, 0.15) is 63.8 Å². The molecule has 0 saturated heterocycles. The van der Waals surface area contributed by atoms with Crippen LogP contribution in [-0.4, -0.2) is 23.9 Å². The van der Waals surface area contributed by atoms with Gasteiger partial charge in [0.1, 0.15) is 0 Å². The highest BCUT2D eigenvalue weighted by atomic mass is 32.2. The van der Waals surface area contributed by atoms with Crippen molar-refractivity contribution in [3.05, 3.63) is 17.6 Å². The van der Waals surface area contributed by atoms with Crippen molar-refractivity contribution in [3.63, 3.8) is 0 Å². The maximum atomic E-state index is 12.4. The number of unbranched alkanes of at least 4 members (excludes halogenated alkanes) is 4. The molecule has 0 atom stereocenters. The average Bonchev–Trinajstić information content (AvgIpc) is 2.48. The quantitative estimate of drug-likeness (QED) is 0.352. The van der Waals surface area contributed by atoms with Gasteiger partial charge >= 0.3 is 15.6 Å². The van der Waals surface area contributed by atoms with Crippen LogP contribution >= 0.6 is 0 Å². The molecule has 0 fully saturated rings. The monoisotopic (exact) mass is 368 g/mol. The molecule has 0 N–H and O–H groups in total. The summed E-state index contributed by atoms with van der Waals surface area (Å²) in [7, 11) is -5.73. The van der Waals surface area contributed by atoms with Crippen molar-refractivity contribution in [3.8, 4) is 5.88 Å². The maximum absolute atomic E-state index is 12.4. The molecular weight excluding hydrogens is 345 g/mol. The smallest absolute Gasteiger partial charge is 0.354 e. The first-order chi connectivity index (χ1) is 11.2. The molecule has 0 aliphatic rings. The van der Waals surface area contributed by atoms with E-state index in [1.54, 1.807) is 0 Å². The van der Waals surface area contributed by atoms with Crippen LogP contribution in [0.5, 0.6) is 5.88 Å². The van der Waals surface area contributed by atoms with E-state index in [4.69, 9.17) is 0 Å². The third-order valence-corrected chi connectivity index (χ3v) is 4.38. The molecule has 0 aromatic carbocycles. The summed E-state index contributed by atoms with van der Waals surface area (Å²) in [4.78, 5) is 8.03. The van der Waals surface area contributed by atoms with E-state index in [2.05, 4.69) is 21.1 Å². The van der Waals surface area contributed by atoms with Crippen molar-refractivity contribution < 1.29 is 25.8 Å². The van der Waals surface area contributed by atoms with Gasteiger partial charge in [0.2, 0.25) is 0 Å². The molecule has 138 valence electrons. The van der Waals surface area contributed by atoms with E-state index in [-0.39, 0.29) is 0 Å². The van der Waals surface area contributed by atoms with Gasteiger partial charge in [0.05, 0.1) is 17.6 Å². The standard InChI is InChI=1S/C15H23F3N2O3S/c1-3-5-7-9-12-13(10-8-6-4-2)20-14(11-19-12)23-24(21,22)15(16,17)18/h11H,3-10H2,1-2H3. The first-order valence-electron chi connectivity index (χ1n) is 8.06.